The van der Waals surface area contributed by atoms with Crippen LogP contribution in [0.3, 0.4) is 0 Å². The Balaban J connectivity index is 1.43. The summed E-state index contributed by atoms with van der Waals surface area (Å²) in [6.07, 6.45) is 7.25. The molecule has 1 fully saturated rings. The number of hydrogen-bond donors (Lipinski definition) is 2. The fraction of sp³-hybridized carbons (Fsp3) is 0.429. The Labute approximate surface area is 193 Å². The van der Waals surface area contributed by atoms with Gasteiger partial charge < -0.3 is 20.3 Å². The number of ether oxygens (including phenoxy) is 1. The first kappa shape index (κ1) is 22.4. The molecular formula is C21H25N5O4S2. The lowest BCUT2D eigenvalue weighted by molar-refractivity contribution is -0.113. The summed E-state index contributed by atoms with van der Waals surface area (Å²) < 4.78 is 12.1. The standard InChI is InChI=1S/C21H25N5O4S2/c1-2-29-20(28)17-14(15-9-6-10-30-15)11-31-19(17)23-16(27)12-32-21-25-24-18(26(21)22)13-7-4-3-5-8-13/h6,9-11,13H,2-5,7-8,12,22H2,1H3,(H,23,27). The maximum absolute atomic E-state index is 12.6. The predicted octanol–water partition coefficient (Wildman–Crippen LogP) is 4.27. The van der Waals surface area contributed by atoms with Crippen LogP contribution in [0, 0.1) is 0 Å². The molecule has 0 saturated heterocycles. The molecule has 9 nitrogen and oxygen atoms in total. The van der Waals surface area contributed by atoms with Crippen LogP contribution in [-0.4, -0.2) is 39.1 Å². The molecule has 0 aliphatic heterocycles. The van der Waals surface area contributed by atoms with Crippen molar-refractivity contribution in [1.82, 2.24) is 14.9 Å². The van der Waals surface area contributed by atoms with Gasteiger partial charge in [0.1, 0.15) is 16.3 Å². The van der Waals surface area contributed by atoms with Crippen molar-refractivity contribution in [3.8, 4) is 11.3 Å². The van der Waals surface area contributed by atoms with Crippen LogP contribution in [0.2, 0.25) is 0 Å². The summed E-state index contributed by atoms with van der Waals surface area (Å²) in [5.74, 6) is 7.11. The lowest BCUT2D eigenvalue weighted by Gasteiger charge is -2.20. The van der Waals surface area contributed by atoms with Crippen molar-refractivity contribution in [2.45, 2.75) is 50.1 Å². The maximum Gasteiger partial charge on any atom is 0.341 e. The molecule has 4 rings (SSSR count). The molecule has 1 amide bonds. The molecule has 3 aromatic heterocycles. The molecule has 1 saturated carbocycles. The third-order valence-corrected chi connectivity index (χ3v) is 7.14. The number of nitrogen functional groups attached to an aromatic ring is 1. The second-order valence-electron chi connectivity index (χ2n) is 7.43. The molecule has 1 aliphatic rings. The molecule has 3 heterocycles. The third-order valence-electron chi connectivity index (χ3n) is 5.30. The van der Waals surface area contributed by atoms with E-state index in [2.05, 4.69) is 15.5 Å². The minimum absolute atomic E-state index is 0.0796. The summed E-state index contributed by atoms with van der Waals surface area (Å²) in [5.41, 5.74) is 0.868. The minimum Gasteiger partial charge on any atom is -0.464 e. The van der Waals surface area contributed by atoms with Crippen molar-refractivity contribution in [3.05, 3.63) is 35.2 Å². The molecule has 1 aliphatic carbocycles. The van der Waals surface area contributed by atoms with Gasteiger partial charge in [0.15, 0.2) is 5.82 Å². The molecule has 0 aromatic carbocycles. The summed E-state index contributed by atoms with van der Waals surface area (Å²) in [7, 11) is 0. The van der Waals surface area contributed by atoms with Gasteiger partial charge in [-0.2, -0.15) is 0 Å². The van der Waals surface area contributed by atoms with Gasteiger partial charge in [-0.3, -0.25) is 4.79 Å². The highest BCUT2D eigenvalue weighted by molar-refractivity contribution is 7.99. The van der Waals surface area contributed by atoms with E-state index in [4.69, 9.17) is 15.0 Å². The number of furan rings is 1. The normalized spacial score (nSPS) is 14.4. The zero-order chi connectivity index (χ0) is 22.5. The van der Waals surface area contributed by atoms with E-state index in [1.54, 1.807) is 24.4 Å². The summed E-state index contributed by atoms with van der Waals surface area (Å²) in [6.45, 7) is 1.96. The predicted molar refractivity (Wildman–Crippen MR) is 123 cm³/mol. The zero-order valence-corrected chi connectivity index (χ0v) is 19.3. The SMILES string of the molecule is CCOC(=O)c1c(-c2ccco2)csc1NC(=O)CSc1nnc(C2CCCCC2)n1N. The lowest BCUT2D eigenvalue weighted by Crippen LogP contribution is -2.20. The first-order valence-electron chi connectivity index (χ1n) is 10.5. The number of carbonyl (C=O) groups is 2. The highest BCUT2D eigenvalue weighted by Crippen LogP contribution is 2.37. The van der Waals surface area contributed by atoms with Crippen molar-refractivity contribution in [3.63, 3.8) is 0 Å². The highest BCUT2D eigenvalue weighted by atomic mass is 32.2. The van der Waals surface area contributed by atoms with Crippen molar-refractivity contribution in [1.29, 1.82) is 0 Å². The van der Waals surface area contributed by atoms with Crippen molar-refractivity contribution in [2.75, 3.05) is 23.5 Å². The van der Waals surface area contributed by atoms with Crippen LogP contribution in [0.25, 0.3) is 11.3 Å². The van der Waals surface area contributed by atoms with Gasteiger partial charge in [0.05, 0.1) is 18.6 Å². The second-order valence-corrected chi connectivity index (χ2v) is 9.26. The number of thioether (sulfide) groups is 1. The Hall–Kier alpha value is -2.79. The first-order valence-corrected chi connectivity index (χ1v) is 12.4. The summed E-state index contributed by atoms with van der Waals surface area (Å²) >= 11 is 2.46. The maximum atomic E-state index is 12.6. The van der Waals surface area contributed by atoms with Gasteiger partial charge in [-0.1, -0.05) is 31.0 Å². The van der Waals surface area contributed by atoms with Crippen LogP contribution in [0.1, 0.15) is 61.1 Å². The topological polar surface area (TPSA) is 125 Å². The molecule has 0 bridgehead atoms. The fourth-order valence-corrected chi connectivity index (χ4v) is 5.40. The van der Waals surface area contributed by atoms with E-state index < -0.39 is 5.97 Å². The van der Waals surface area contributed by atoms with Crippen LogP contribution in [0.15, 0.2) is 33.3 Å². The van der Waals surface area contributed by atoms with E-state index in [1.165, 1.54) is 53.3 Å². The smallest absolute Gasteiger partial charge is 0.341 e. The van der Waals surface area contributed by atoms with E-state index in [-0.39, 0.29) is 23.8 Å². The third kappa shape index (κ3) is 4.83. The lowest BCUT2D eigenvalue weighted by atomic mass is 9.89. The molecular weight excluding hydrogens is 450 g/mol. The van der Waals surface area contributed by atoms with Gasteiger partial charge >= 0.3 is 5.97 Å². The molecule has 0 spiro atoms. The molecule has 0 radical (unpaired) electrons. The summed E-state index contributed by atoms with van der Waals surface area (Å²) in [4.78, 5) is 25.2. The van der Waals surface area contributed by atoms with E-state index in [0.717, 1.165) is 18.7 Å². The van der Waals surface area contributed by atoms with E-state index in [9.17, 15) is 9.59 Å². The molecule has 32 heavy (non-hydrogen) atoms. The second kappa shape index (κ2) is 10.2. The Bertz CT molecular complexity index is 1070. The number of nitrogens with two attached hydrogens (primary N) is 1. The van der Waals surface area contributed by atoms with E-state index in [0.29, 0.717) is 27.4 Å². The highest BCUT2D eigenvalue weighted by Gasteiger charge is 2.25. The Morgan fingerprint density at radius 1 is 1.34 bits per heavy atom. The molecule has 3 aromatic rings. The van der Waals surface area contributed by atoms with Gasteiger partial charge in [0, 0.05) is 16.9 Å². The van der Waals surface area contributed by atoms with Crippen molar-refractivity contribution >= 4 is 40.0 Å². The van der Waals surface area contributed by atoms with Crippen LogP contribution in [0.4, 0.5) is 5.00 Å². The van der Waals surface area contributed by atoms with Crippen LogP contribution >= 0.6 is 23.1 Å². The Morgan fingerprint density at radius 2 is 2.16 bits per heavy atom. The number of hydrogen-bond acceptors (Lipinski definition) is 9. The fourth-order valence-electron chi connectivity index (χ4n) is 3.79. The largest absolute Gasteiger partial charge is 0.464 e. The average Bonchev–Trinajstić information content (AvgIpc) is 3.53. The van der Waals surface area contributed by atoms with Gasteiger partial charge in [-0.25, -0.2) is 9.47 Å². The monoisotopic (exact) mass is 475 g/mol. The quantitative estimate of drug-likeness (QED) is 0.281. The number of thiophene rings is 1. The number of nitrogens with one attached hydrogen (secondary N) is 1. The number of rotatable bonds is 8. The Morgan fingerprint density at radius 3 is 2.88 bits per heavy atom. The number of anilines is 1. The first-order chi connectivity index (χ1) is 15.6. The van der Waals surface area contributed by atoms with Crippen molar-refractivity contribution in [2.24, 2.45) is 0 Å². The van der Waals surface area contributed by atoms with Gasteiger partial charge in [0.2, 0.25) is 11.1 Å². The van der Waals surface area contributed by atoms with Crippen LogP contribution in [0.5, 0.6) is 0 Å². The number of nitrogens with zero attached hydrogens (tertiary/aromatic N) is 3. The van der Waals surface area contributed by atoms with Gasteiger partial charge in [-0.05, 0) is 31.9 Å². The Kier molecular flexibility index (Phi) is 7.15. The van der Waals surface area contributed by atoms with Gasteiger partial charge in [0.25, 0.3) is 0 Å². The number of amides is 1. The number of aromatic nitrogens is 3. The van der Waals surface area contributed by atoms with Crippen LogP contribution in [-0.2, 0) is 9.53 Å². The van der Waals surface area contributed by atoms with Crippen LogP contribution < -0.4 is 11.2 Å². The van der Waals surface area contributed by atoms with Crippen molar-refractivity contribution < 1.29 is 18.7 Å². The number of esters is 1. The molecule has 170 valence electrons. The summed E-state index contributed by atoms with van der Waals surface area (Å²) in [5, 5.41) is 13.9. The molecule has 3 N–H and O–H groups in total. The van der Waals surface area contributed by atoms with E-state index >= 15 is 0 Å². The zero-order valence-electron chi connectivity index (χ0n) is 17.7. The van der Waals surface area contributed by atoms with E-state index in [1.807, 2.05) is 0 Å². The average molecular weight is 476 g/mol. The summed E-state index contributed by atoms with van der Waals surface area (Å²) in [6, 6.07) is 3.49. The number of carbonyl (C=O) groups excluding carboxylic acids is 2. The molecule has 11 heteroatoms. The van der Waals surface area contributed by atoms with Gasteiger partial charge in [-0.15, -0.1) is 21.5 Å². The molecule has 0 unspecified atom stereocenters. The molecule has 0 atom stereocenters. The minimum atomic E-state index is -0.512.